The van der Waals surface area contributed by atoms with Crippen molar-refractivity contribution in [2.75, 3.05) is 12.8 Å². The molecule has 0 fully saturated rings. The third-order valence-corrected chi connectivity index (χ3v) is 3.15. The van der Waals surface area contributed by atoms with Crippen molar-refractivity contribution in [1.29, 1.82) is 0 Å². The molecule has 1 heterocycles. The molecule has 17 heavy (non-hydrogen) atoms. The first-order valence-corrected chi connectivity index (χ1v) is 5.68. The summed E-state index contributed by atoms with van der Waals surface area (Å²) in [5.41, 5.74) is 7.13. The van der Waals surface area contributed by atoms with Crippen LogP contribution in [0.4, 0.5) is 5.82 Å². The first-order valence-electron chi connectivity index (χ1n) is 4.89. The molecular weight excluding hydrogens is 286 g/mol. The topological polar surface area (TPSA) is 73.3 Å². The van der Waals surface area contributed by atoms with E-state index in [-0.39, 0.29) is 5.75 Å². The van der Waals surface area contributed by atoms with Gasteiger partial charge < -0.3 is 15.6 Å². The van der Waals surface area contributed by atoms with E-state index in [9.17, 15) is 5.11 Å². The number of nitrogen functional groups attached to an aromatic ring is 1. The minimum atomic E-state index is 0.116. The number of methoxy groups -OCH3 is 1. The normalized spacial score (nSPS) is 10.5. The fourth-order valence-corrected chi connectivity index (χ4v) is 1.99. The van der Waals surface area contributed by atoms with E-state index < -0.39 is 0 Å². The van der Waals surface area contributed by atoms with Crippen LogP contribution in [0.25, 0.3) is 11.1 Å². The van der Waals surface area contributed by atoms with Gasteiger partial charge in [-0.2, -0.15) is 5.10 Å². The molecule has 0 bridgehead atoms. The summed E-state index contributed by atoms with van der Waals surface area (Å²) in [5, 5.41) is 14.1. The maximum absolute atomic E-state index is 10.0. The minimum Gasteiger partial charge on any atom is -0.506 e. The van der Waals surface area contributed by atoms with E-state index in [4.69, 9.17) is 10.5 Å². The van der Waals surface area contributed by atoms with Gasteiger partial charge in [-0.25, -0.2) is 0 Å². The van der Waals surface area contributed by atoms with Crippen molar-refractivity contribution >= 4 is 21.7 Å². The van der Waals surface area contributed by atoms with Crippen LogP contribution < -0.4 is 10.5 Å². The summed E-state index contributed by atoms with van der Waals surface area (Å²) in [6.45, 7) is 0. The molecule has 6 heteroatoms. The van der Waals surface area contributed by atoms with Gasteiger partial charge in [-0.15, -0.1) is 0 Å². The van der Waals surface area contributed by atoms with Gasteiger partial charge in [0, 0.05) is 18.2 Å². The summed E-state index contributed by atoms with van der Waals surface area (Å²) in [6.07, 6.45) is 1.61. The van der Waals surface area contributed by atoms with E-state index in [1.54, 1.807) is 37.2 Å². The van der Waals surface area contributed by atoms with Gasteiger partial charge in [0.1, 0.15) is 17.3 Å². The second kappa shape index (κ2) is 4.29. The maximum Gasteiger partial charge on any atom is 0.138 e. The van der Waals surface area contributed by atoms with Crippen LogP contribution >= 0.6 is 15.9 Å². The van der Waals surface area contributed by atoms with Crippen LogP contribution in [-0.2, 0) is 7.05 Å². The van der Waals surface area contributed by atoms with Crippen LogP contribution in [0.3, 0.4) is 0 Å². The van der Waals surface area contributed by atoms with Crippen molar-refractivity contribution in [3.8, 4) is 22.6 Å². The van der Waals surface area contributed by atoms with Gasteiger partial charge in [0.15, 0.2) is 0 Å². The molecule has 0 saturated heterocycles. The zero-order valence-corrected chi connectivity index (χ0v) is 11.0. The van der Waals surface area contributed by atoms with E-state index in [1.165, 1.54) is 0 Å². The minimum absolute atomic E-state index is 0.116. The van der Waals surface area contributed by atoms with E-state index in [0.717, 1.165) is 0 Å². The highest BCUT2D eigenvalue weighted by molar-refractivity contribution is 9.10. The molecule has 0 amide bonds. The largest absolute Gasteiger partial charge is 0.506 e. The van der Waals surface area contributed by atoms with Crippen molar-refractivity contribution in [1.82, 2.24) is 9.78 Å². The number of ether oxygens (including phenoxy) is 1. The Hall–Kier alpha value is -1.69. The lowest BCUT2D eigenvalue weighted by atomic mass is 10.1. The van der Waals surface area contributed by atoms with Crippen molar-refractivity contribution < 1.29 is 9.84 Å². The molecule has 0 aliphatic rings. The molecule has 0 aliphatic carbocycles. The number of aryl methyl sites for hydroxylation is 1. The fraction of sp³-hybridized carbons (Fsp3) is 0.182. The molecule has 0 unspecified atom stereocenters. The molecular formula is C11H12BrN3O2. The van der Waals surface area contributed by atoms with Crippen molar-refractivity contribution in [2.24, 2.45) is 7.05 Å². The van der Waals surface area contributed by atoms with E-state index in [2.05, 4.69) is 21.0 Å². The third kappa shape index (κ3) is 1.95. The number of benzene rings is 1. The maximum atomic E-state index is 10.0. The molecule has 0 radical (unpaired) electrons. The van der Waals surface area contributed by atoms with Crippen LogP contribution in [0.15, 0.2) is 22.8 Å². The predicted molar refractivity (Wildman–Crippen MR) is 69.0 cm³/mol. The number of halogens is 1. The Balaban J connectivity index is 2.66. The highest BCUT2D eigenvalue weighted by Crippen LogP contribution is 2.40. The molecule has 1 aromatic carbocycles. The molecule has 0 atom stereocenters. The van der Waals surface area contributed by atoms with Crippen molar-refractivity contribution in [3.63, 3.8) is 0 Å². The quantitative estimate of drug-likeness (QED) is 0.891. The van der Waals surface area contributed by atoms with Gasteiger partial charge in [-0.1, -0.05) is 0 Å². The molecule has 0 spiro atoms. The second-order valence-electron chi connectivity index (χ2n) is 3.57. The van der Waals surface area contributed by atoms with Gasteiger partial charge in [0.25, 0.3) is 0 Å². The number of hydrogen-bond donors (Lipinski definition) is 2. The summed E-state index contributed by atoms with van der Waals surface area (Å²) in [6, 6.07) is 3.40. The first kappa shape index (κ1) is 11.8. The average Bonchev–Trinajstić information content (AvgIpc) is 2.64. The lowest BCUT2D eigenvalue weighted by molar-refractivity contribution is 0.412. The highest BCUT2D eigenvalue weighted by Gasteiger charge is 2.15. The Labute approximate surface area is 107 Å². The van der Waals surface area contributed by atoms with Crippen LogP contribution in [0, 0.1) is 0 Å². The smallest absolute Gasteiger partial charge is 0.138 e. The Morgan fingerprint density at radius 3 is 2.65 bits per heavy atom. The number of aromatic hydroxyl groups is 1. The number of nitrogens with zero attached hydrogens (tertiary/aromatic N) is 2. The Bertz CT molecular complexity index is 566. The number of phenols is 1. The Morgan fingerprint density at radius 1 is 1.41 bits per heavy atom. The number of rotatable bonds is 2. The lowest BCUT2D eigenvalue weighted by Gasteiger charge is -2.09. The second-order valence-corrected chi connectivity index (χ2v) is 4.43. The summed E-state index contributed by atoms with van der Waals surface area (Å²) >= 11 is 3.27. The van der Waals surface area contributed by atoms with Gasteiger partial charge in [0.05, 0.1) is 17.8 Å². The standard InChI is InChI=1S/C11H12BrN3O2/c1-15-11(13)8(5-14-15)7-3-6(17-2)4-9(12)10(7)16/h3-5,16H,13H2,1-2H3. The number of phenolic OH excluding ortho intramolecular Hbond substituents is 1. The zero-order valence-electron chi connectivity index (χ0n) is 9.44. The van der Waals surface area contributed by atoms with Crippen molar-refractivity contribution in [2.45, 2.75) is 0 Å². The van der Waals surface area contributed by atoms with Gasteiger partial charge in [-0.3, -0.25) is 4.68 Å². The molecule has 0 saturated carbocycles. The lowest BCUT2D eigenvalue weighted by Crippen LogP contribution is -1.98. The van der Waals surface area contributed by atoms with Gasteiger partial charge >= 0.3 is 0 Å². The molecule has 90 valence electrons. The van der Waals surface area contributed by atoms with Crippen LogP contribution in [0.1, 0.15) is 0 Å². The van der Waals surface area contributed by atoms with Crippen LogP contribution in [-0.4, -0.2) is 22.0 Å². The number of hydrogen-bond acceptors (Lipinski definition) is 4. The molecule has 5 nitrogen and oxygen atoms in total. The van der Waals surface area contributed by atoms with Gasteiger partial charge in [0.2, 0.25) is 0 Å². The number of anilines is 1. The van der Waals surface area contributed by atoms with Crippen LogP contribution in [0.2, 0.25) is 0 Å². The molecule has 1 aromatic heterocycles. The Morgan fingerprint density at radius 2 is 2.12 bits per heavy atom. The molecule has 2 rings (SSSR count). The monoisotopic (exact) mass is 297 g/mol. The molecule has 2 aromatic rings. The summed E-state index contributed by atoms with van der Waals surface area (Å²) in [7, 11) is 3.31. The third-order valence-electron chi connectivity index (χ3n) is 2.55. The van der Waals surface area contributed by atoms with E-state index >= 15 is 0 Å². The highest BCUT2D eigenvalue weighted by atomic mass is 79.9. The molecule has 3 N–H and O–H groups in total. The number of nitrogens with two attached hydrogens (primary N) is 1. The summed E-state index contributed by atoms with van der Waals surface area (Å²) in [4.78, 5) is 0. The van der Waals surface area contributed by atoms with Gasteiger partial charge in [-0.05, 0) is 28.1 Å². The summed E-state index contributed by atoms with van der Waals surface area (Å²) < 4.78 is 7.24. The summed E-state index contributed by atoms with van der Waals surface area (Å²) in [5.74, 6) is 1.24. The van der Waals surface area contributed by atoms with E-state index in [0.29, 0.717) is 27.2 Å². The van der Waals surface area contributed by atoms with E-state index in [1.807, 2.05) is 0 Å². The molecule has 0 aliphatic heterocycles. The Kier molecular flexibility index (Phi) is 2.97. The van der Waals surface area contributed by atoms with Crippen molar-refractivity contribution in [3.05, 3.63) is 22.8 Å². The predicted octanol–water partition coefficient (Wildman–Crippen LogP) is 2.15. The SMILES string of the molecule is COc1cc(Br)c(O)c(-c2cnn(C)c2N)c1. The first-order chi connectivity index (χ1) is 8.04. The van der Waals surface area contributed by atoms with Crippen LogP contribution in [0.5, 0.6) is 11.5 Å². The average molecular weight is 298 g/mol. The number of aromatic nitrogens is 2. The zero-order chi connectivity index (χ0) is 12.6. The fourth-order valence-electron chi connectivity index (χ4n) is 1.55.